The van der Waals surface area contributed by atoms with Crippen molar-refractivity contribution in [3.05, 3.63) is 101 Å². The second kappa shape index (κ2) is 8.49. The molecule has 0 atom stereocenters. The average molecular weight is 439 g/mol. The number of hydrogen-bond donors (Lipinski definition) is 3. The van der Waals surface area contributed by atoms with Crippen molar-refractivity contribution in [2.24, 2.45) is 0 Å². The van der Waals surface area contributed by atoms with Crippen molar-refractivity contribution in [2.45, 2.75) is 0 Å². The fraction of sp³-hybridized carbons (Fsp3) is 0. The zero-order valence-corrected chi connectivity index (χ0v) is 17.6. The number of carbonyl (C=O) groups excluding carboxylic acids is 2. The van der Waals surface area contributed by atoms with Gasteiger partial charge >= 0.3 is 0 Å². The number of fused-ring (bicyclic) bond motifs is 1. The third-order valence-electron chi connectivity index (χ3n) is 4.96. The highest BCUT2D eigenvalue weighted by atomic mass is 32.1. The number of carbonyl (C=O) groups is 2. The summed E-state index contributed by atoms with van der Waals surface area (Å²) in [5.74, 6) is 0.392. The van der Waals surface area contributed by atoms with Crippen LogP contribution in [0.3, 0.4) is 0 Å². The summed E-state index contributed by atoms with van der Waals surface area (Å²) < 4.78 is 0. The first-order valence-electron chi connectivity index (χ1n) is 9.97. The molecule has 32 heavy (non-hydrogen) atoms. The predicted molar refractivity (Wildman–Crippen MR) is 128 cm³/mol. The Labute approximate surface area is 188 Å². The van der Waals surface area contributed by atoms with Gasteiger partial charge < -0.3 is 15.6 Å². The van der Waals surface area contributed by atoms with E-state index in [0.717, 1.165) is 22.4 Å². The van der Waals surface area contributed by atoms with Gasteiger partial charge in [0, 0.05) is 22.5 Å². The second-order valence-corrected chi connectivity index (χ2v) is 8.09. The smallest absolute Gasteiger partial charge is 0.265 e. The van der Waals surface area contributed by atoms with Gasteiger partial charge in [-0.05, 0) is 72.1 Å². The van der Waals surface area contributed by atoms with Gasteiger partial charge in [0.15, 0.2) is 0 Å². The number of aromatic amines is 1. The van der Waals surface area contributed by atoms with E-state index in [9.17, 15) is 9.59 Å². The lowest BCUT2D eigenvalue weighted by atomic mass is 10.1. The van der Waals surface area contributed by atoms with Crippen molar-refractivity contribution in [3.8, 4) is 11.4 Å². The summed E-state index contributed by atoms with van der Waals surface area (Å²) >= 11 is 1.38. The Kier molecular flexibility index (Phi) is 5.23. The van der Waals surface area contributed by atoms with E-state index < -0.39 is 0 Å². The molecular weight excluding hydrogens is 420 g/mol. The van der Waals surface area contributed by atoms with Gasteiger partial charge in [0.25, 0.3) is 11.8 Å². The first-order valence-corrected chi connectivity index (χ1v) is 10.9. The molecule has 0 spiro atoms. The number of nitrogens with zero attached hydrogens (tertiary/aromatic N) is 1. The Morgan fingerprint density at radius 1 is 0.750 bits per heavy atom. The third-order valence-corrected chi connectivity index (χ3v) is 5.82. The Bertz CT molecular complexity index is 1360. The lowest BCUT2D eigenvalue weighted by Crippen LogP contribution is -2.13. The molecule has 5 rings (SSSR count). The van der Waals surface area contributed by atoms with Crippen molar-refractivity contribution >= 4 is 45.6 Å². The van der Waals surface area contributed by atoms with Crippen LogP contribution >= 0.6 is 11.3 Å². The van der Waals surface area contributed by atoms with Crippen LogP contribution in [0.25, 0.3) is 22.4 Å². The van der Waals surface area contributed by atoms with Crippen molar-refractivity contribution in [1.29, 1.82) is 0 Å². The van der Waals surface area contributed by atoms with E-state index in [1.54, 1.807) is 30.3 Å². The van der Waals surface area contributed by atoms with Crippen LogP contribution < -0.4 is 10.6 Å². The molecule has 0 radical (unpaired) electrons. The van der Waals surface area contributed by atoms with Crippen LogP contribution in [0.4, 0.5) is 11.4 Å². The molecule has 7 heteroatoms. The van der Waals surface area contributed by atoms with Crippen LogP contribution in [-0.2, 0) is 0 Å². The zero-order valence-electron chi connectivity index (χ0n) is 16.8. The van der Waals surface area contributed by atoms with Crippen molar-refractivity contribution in [2.75, 3.05) is 10.6 Å². The summed E-state index contributed by atoms with van der Waals surface area (Å²) in [7, 11) is 0. The fourth-order valence-corrected chi connectivity index (χ4v) is 3.93. The second-order valence-electron chi connectivity index (χ2n) is 7.14. The summed E-state index contributed by atoms with van der Waals surface area (Å²) in [5.41, 5.74) is 4.65. The molecule has 0 saturated heterocycles. The molecule has 0 aliphatic rings. The van der Waals surface area contributed by atoms with Gasteiger partial charge in [-0.25, -0.2) is 4.98 Å². The van der Waals surface area contributed by atoms with E-state index in [-0.39, 0.29) is 11.8 Å². The van der Waals surface area contributed by atoms with Gasteiger partial charge in [0.2, 0.25) is 0 Å². The lowest BCUT2D eigenvalue weighted by molar-refractivity contribution is 0.102. The quantitative estimate of drug-likeness (QED) is 0.324. The maximum absolute atomic E-state index is 12.6. The van der Waals surface area contributed by atoms with Gasteiger partial charge in [0.05, 0.1) is 15.9 Å². The first-order chi connectivity index (χ1) is 15.7. The van der Waals surface area contributed by atoms with Gasteiger partial charge in [-0.3, -0.25) is 9.59 Å². The number of aromatic nitrogens is 2. The van der Waals surface area contributed by atoms with E-state index in [2.05, 4.69) is 20.6 Å². The Morgan fingerprint density at radius 2 is 1.44 bits per heavy atom. The van der Waals surface area contributed by atoms with Crippen LogP contribution in [0.5, 0.6) is 0 Å². The summed E-state index contributed by atoms with van der Waals surface area (Å²) in [6, 6.07) is 25.8. The van der Waals surface area contributed by atoms with E-state index >= 15 is 0 Å². The van der Waals surface area contributed by atoms with Crippen LogP contribution in [0.15, 0.2) is 90.3 Å². The fourth-order valence-electron chi connectivity index (χ4n) is 3.31. The molecular formula is C25H18N4O2S. The maximum Gasteiger partial charge on any atom is 0.265 e. The molecule has 0 fully saturated rings. The SMILES string of the molecule is O=C(Nc1ccc(-c2nc3ccccc3[nH]2)cc1)c1ccc(NC(=O)c2cccs2)cc1. The monoisotopic (exact) mass is 438 g/mol. The molecule has 0 unspecified atom stereocenters. The molecule has 2 amide bonds. The van der Waals surface area contributed by atoms with Crippen molar-refractivity contribution in [3.63, 3.8) is 0 Å². The standard InChI is InChI=1S/C25H18N4O2S/c30-24(17-9-13-19(14-10-17)27-25(31)22-6-3-15-32-22)26-18-11-7-16(8-12-18)23-28-20-4-1-2-5-21(20)29-23/h1-15H,(H,26,30)(H,27,31)(H,28,29). The number of nitrogens with one attached hydrogen (secondary N) is 3. The minimum Gasteiger partial charge on any atom is -0.338 e. The predicted octanol–water partition coefficient (Wildman–Crippen LogP) is 5.80. The third kappa shape index (κ3) is 4.14. The molecule has 0 aliphatic carbocycles. The Morgan fingerprint density at radius 3 is 2.12 bits per heavy atom. The molecule has 5 aromatic rings. The topological polar surface area (TPSA) is 86.9 Å². The number of imidazole rings is 1. The summed E-state index contributed by atoms with van der Waals surface area (Å²) in [5, 5.41) is 7.57. The van der Waals surface area contributed by atoms with E-state index in [4.69, 9.17) is 0 Å². The Hall–Kier alpha value is -4.23. The highest BCUT2D eigenvalue weighted by Gasteiger charge is 2.10. The number of thiophene rings is 1. The normalized spacial score (nSPS) is 10.8. The van der Waals surface area contributed by atoms with Crippen molar-refractivity contribution < 1.29 is 9.59 Å². The molecule has 156 valence electrons. The summed E-state index contributed by atoms with van der Waals surface area (Å²) in [6.45, 7) is 0. The molecule has 0 aliphatic heterocycles. The number of amides is 2. The largest absolute Gasteiger partial charge is 0.338 e. The molecule has 3 aromatic carbocycles. The van der Waals surface area contributed by atoms with Gasteiger partial charge in [-0.2, -0.15) is 0 Å². The maximum atomic E-state index is 12.6. The summed E-state index contributed by atoms with van der Waals surface area (Å²) in [6.07, 6.45) is 0. The Balaban J connectivity index is 1.24. The average Bonchev–Trinajstić information content (AvgIpc) is 3.50. The molecule has 2 heterocycles. The minimum atomic E-state index is -0.224. The van der Waals surface area contributed by atoms with E-state index in [1.165, 1.54) is 11.3 Å². The van der Waals surface area contributed by atoms with Crippen LogP contribution in [-0.4, -0.2) is 21.8 Å². The van der Waals surface area contributed by atoms with Crippen LogP contribution in [0.1, 0.15) is 20.0 Å². The molecule has 3 N–H and O–H groups in total. The number of benzene rings is 3. The lowest BCUT2D eigenvalue weighted by Gasteiger charge is -2.08. The molecule has 0 bridgehead atoms. The van der Waals surface area contributed by atoms with Gasteiger partial charge in [-0.1, -0.05) is 18.2 Å². The number of rotatable bonds is 5. The van der Waals surface area contributed by atoms with E-state index in [0.29, 0.717) is 21.8 Å². The van der Waals surface area contributed by atoms with Gasteiger partial charge in [0.1, 0.15) is 5.82 Å². The summed E-state index contributed by atoms with van der Waals surface area (Å²) in [4.78, 5) is 33.2. The van der Waals surface area contributed by atoms with Crippen LogP contribution in [0.2, 0.25) is 0 Å². The number of hydrogen-bond acceptors (Lipinski definition) is 4. The number of para-hydroxylation sites is 2. The van der Waals surface area contributed by atoms with Crippen LogP contribution in [0, 0.1) is 0 Å². The number of anilines is 2. The van der Waals surface area contributed by atoms with Crippen molar-refractivity contribution in [1.82, 2.24) is 9.97 Å². The van der Waals surface area contributed by atoms with E-state index in [1.807, 2.05) is 60.0 Å². The highest BCUT2D eigenvalue weighted by molar-refractivity contribution is 7.12. The molecule has 6 nitrogen and oxygen atoms in total. The first kappa shape index (κ1) is 19.7. The minimum absolute atomic E-state index is 0.165. The number of H-pyrrole nitrogens is 1. The van der Waals surface area contributed by atoms with Gasteiger partial charge in [-0.15, -0.1) is 11.3 Å². The molecule has 2 aromatic heterocycles. The molecule has 0 saturated carbocycles. The zero-order chi connectivity index (χ0) is 21.9. The highest BCUT2D eigenvalue weighted by Crippen LogP contribution is 2.22.